The minimum absolute atomic E-state index is 0.0856. The van der Waals surface area contributed by atoms with E-state index in [-0.39, 0.29) is 22.6 Å². The average molecular weight is 412 g/mol. The number of hydrogen-bond donors (Lipinski definition) is 2. The number of ketones is 1. The molecule has 0 bridgehead atoms. The molecule has 1 aliphatic rings. The molecular weight excluding hydrogens is 399 g/mol. The molecule has 2 aromatic carbocycles. The lowest BCUT2D eigenvalue weighted by Crippen LogP contribution is -2.47. The predicted molar refractivity (Wildman–Crippen MR) is 91.9 cm³/mol. The normalized spacial score (nSPS) is 17.0. The summed E-state index contributed by atoms with van der Waals surface area (Å²) >= 11 is 0. The maximum Gasteiger partial charge on any atom is 0.454 e. The molecule has 1 heterocycles. The SMILES string of the molecule is O=C1NC(c2ccccc2)=C(C(=O)C(F)(F)F)C(c2ccc(OC(F)F)cc2)N1. The van der Waals surface area contributed by atoms with E-state index in [0.29, 0.717) is 0 Å². The van der Waals surface area contributed by atoms with Gasteiger partial charge >= 0.3 is 18.8 Å². The summed E-state index contributed by atoms with van der Waals surface area (Å²) in [4.78, 5) is 24.3. The molecule has 0 radical (unpaired) electrons. The Balaban J connectivity index is 2.13. The quantitative estimate of drug-likeness (QED) is 0.724. The molecule has 0 aliphatic carbocycles. The summed E-state index contributed by atoms with van der Waals surface area (Å²) in [7, 11) is 0. The van der Waals surface area contributed by atoms with Gasteiger partial charge in [-0.1, -0.05) is 42.5 Å². The van der Waals surface area contributed by atoms with Gasteiger partial charge in [-0.15, -0.1) is 0 Å². The van der Waals surface area contributed by atoms with Crippen LogP contribution >= 0.6 is 0 Å². The van der Waals surface area contributed by atoms with E-state index in [9.17, 15) is 31.5 Å². The monoisotopic (exact) mass is 412 g/mol. The number of hydrogen-bond acceptors (Lipinski definition) is 3. The predicted octanol–water partition coefficient (Wildman–Crippen LogP) is 4.18. The Hall–Kier alpha value is -3.43. The molecular formula is C19H13F5N2O3. The van der Waals surface area contributed by atoms with E-state index in [1.807, 2.05) is 0 Å². The minimum Gasteiger partial charge on any atom is -0.435 e. The largest absolute Gasteiger partial charge is 0.454 e. The van der Waals surface area contributed by atoms with Crippen molar-refractivity contribution in [3.63, 3.8) is 0 Å². The molecule has 2 amide bonds. The van der Waals surface area contributed by atoms with Crippen LogP contribution in [0.3, 0.4) is 0 Å². The van der Waals surface area contributed by atoms with Crippen molar-refractivity contribution in [2.24, 2.45) is 0 Å². The van der Waals surface area contributed by atoms with Gasteiger partial charge in [-0.2, -0.15) is 22.0 Å². The highest BCUT2D eigenvalue weighted by atomic mass is 19.4. The van der Waals surface area contributed by atoms with Crippen LogP contribution in [-0.2, 0) is 4.79 Å². The standard InChI is InChI=1S/C19H13F5N2O3/c20-17(21)29-12-8-6-11(7-9-12)15-13(16(27)19(22,23)24)14(25-18(28)26-15)10-4-2-1-3-5-10/h1-9,15,17H,(H2,25,26,28). The van der Waals surface area contributed by atoms with Gasteiger partial charge in [0.2, 0.25) is 0 Å². The van der Waals surface area contributed by atoms with Gasteiger partial charge in [0.15, 0.2) is 0 Å². The van der Waals surface area contributed by atoms with Crippen molar-refractivity contribution in [3.05, 3.63) is 71.3 Å². The first-order chi connectivity index (χ1) is 13.7. The summed E-state index contributed by atoms with van der Waals surface area (Å²) in [6.07, 6.45) is -5.20. The van der Waals surface area contributed by atoms with E-state index >= 15 is 0 Å². The van der Waals surface area contributed by atoms with Crippen molar-refractivity contribution in [2.75, 3.05) is 0 Å². The highest BCUT2D eigenvalue weighted by molar-refractivity contribution is 6.10. The first-order valence-electron chi connectivity index (χ1n) is 8.20. The summed E-state index contributed by atoms with van der Waals surface area (Å²) < 4.78 is 68.7. The molecule has 2 N–H and O–H groups in total. The number of amides is 2. The molecule has 29 heavy (non-hydrogen) atoms. The molecule has 0 spiro atoms. The molecule has 3 rings (SSSR count). The molecule has 0 saturated carbocycles. The zero-order chi connectivity index (χ0) is 21.2. The van der Waals surface area contributed by atoms with E-state index in [2.05, 4.69) is 15.4 Å². The number of alkyl halides is 5. The second kappa shape index (κ2) is 7.90. The van der Waals surface area contributed by atoms with E-state index in [1.165, 1.54) is 36.4 Å². The topological polar surface area (TPSA) is 67.4 Å². The van der Waals surface area contributed by atoms with Gasteiger partial charge in [-0.3, -0.25) is 4.79 Å². The van der Waals surface area contributed by atoms with E-state index in [4.69, 9.17) is 0 Å². The fourth-order valence-corrected chi connectivity index (χ4v) is 2.89. The van der Waals surface area contributed by atoms with E-state index in [1.54, 1.807) is 6.07 Å². The Morgan fingerprint density at radius 2 is 1.62 bits per heavy atom. The van der Waals surface area contributed by atoms with Crippen LogP contribution in [0.1, 0.15) is 17.2 Å². The third-order valence-corrected chi connectivity index (χ3v) is 4.08. The fraction of sp³-hybridized carbons (Fsp3) is 0.158. The Morgan fingerprint density at radius 3 is 2.17 bits per heavy atom. The van der Waals surface area contributed by atoms with Gasteiger partial charge in [0, 0.05) is 0 Å². The van der Waals surface area contributed by atoms with Crippen LogP contribution in [0, 0.1) is 0 Å². The lowest BCUT2D eigenvalue weighted by Gasteiger charge is -2.30. The Bertz CT molecular complexity index is 941. The molecule has 1 atom stereocenters. The number of benzene rings is 2. The van der Waals surface area contributed by atoms with Crippen molar-refractivity contribution in [1.29, 1.82) is 0 Å². The van der Waals surface area contributed by atoms with E-state index in [0.717, 1.165) is 12.1 Å². The molecule has 1 aliphatic heterocycles. The highest BCUT2D eigenvalue weighted by Gasteiger charge is 2.46. The molecule has 10 heteroatoms. The number of halogens is 5. The molecule has 152 valence electrons. The second-order valence-corrected chi connectivity index (χ2v) is 5.96. The highest BCUT2D eigenvalue weighted by Crippen LogP contribution is 2.36. The number of carbonyl (C=O) groups is 2. The molecule has 0 saturated heterocycles. The van der Waals surface area contributed by atoms with Gasteiger partial charge in [0.05, 0.1) is 17.3 Å². The first kappa shape index (κ1) is 20.3. The molecule has 0 aromatic heterocycles. The summed E-state index contributed by atoms with van der Waals surface area (Å²) in [6.45, 7) is -3.08. The van der Waals surface area contributed by atoms with Crippen LogP contribution < -0.4 is 15.4 Å². The van der Waals surface area contributed by atoms with E-state index < -0.39 is 36.2 Å². The first-order valence-corrected chi connectivity index (χ1v) is 8.20. The van der Waals surface area contributed by atoms with Crippen LogP contribution in [-0.4, -0.2) is 24.6 Å². The molecule has 0 fully saturated rings. The Kier molecular flexibility index (Phi) is 5.53. The number of urea groups is 1. The minimum atomic E-state index is -5.20. The van der Waals surface area contributed by atoms with Crippen molar-refractivity contribution in [1.82, 2.24) is 10.6 Å². The van der Waals surface area contributed by atoms with Crippen molar-refractivity contribution >= 4 is 17.5 Å². The van der Waals surface area contributed by atoms with Crippen LogP contribution in [0.4, 0.5) is 26.7 Å². The Morgan fingerprint density at radius 1 is 1.00 bits per heavy atom. The lowest BCUT2D eigenvalue weighted by molar-refractivity contribution is -0.166. The van der Waals surface area contributed by atoms with Gasteiger partial charge in [0.1, 0.15) is 5.75 Å². The van der Waals surface area contributed by atoms with Gasteiger partial charge < -0.3 is 15.4 Å². The van der Waals surface area contributed by atoms with Crippen LogP contribution in [0.5, 0.6) is 5.75 Å². The summed E-state index contributed by atoms with van der Waals surface area (Å²) in [5, 5.41) is 4.54. The number of rotatable bonds is 5. The summed E-state index contributed by atoms with van der Waals surface area (Å²) in [6, 6.07) is 9.92. The number of nitrogens with one attached hydrogen (secondary N) is 2. The maximum absolute atomic E-state index is 13.3. The average Bonchev–Trinajstić information content (AvgIpc) is 2.67. The van der Waals surface area contributed by atoms with Gasteiger partial charge in [0.25, 0.3) is 5.78 Å². The number of ether oxygens (including phenoxy) is 1. The van der Waals surface area contributed by atoms with Crippen LogP contribution in [0.25, 0.3) is 5.70 Å². The van der Waals surface area contributed by atoms with Gasteiger partial charge in [-0.05, 0) is 23.3 Å². The fourth-order valence-electron chi connectivity index (χ4n) is 2.89. The smallest absolute Gasteiger partial charge is 0.435 e. The zero-order valence-corrected chi connectivity index (χ0v) is 14.5. The zero-order valence-electron chi connectivity index (χ0n) is 14.5. The molecule has 5 nitrogen and oxygen atoms in total. The third kappa shape index (κ3) is 4.53. The van der Waals surface area contributed by atoms with Crippen molar-refractivity contribution in [2.45, 2.75) is 18.8 Å². The molecule has 1 unspecified atom stereocenters. The number of Topliss-reactive ketones (excluding diaryl/α,β-unsaturated/α-hetero) is 1. The maximum atomic E-state index is 13.3. The molecule has 2 aromatic rings. The van der Waals surface area contributed by atoms with Crippen molar-refractivity contribution in [3.8, 4) is 5.75 Å². The van der Waals surface area contributed by atoms with Crippen LogP contribution in [0.15, 0.2) is 60.2 Å². The second-order valence-electron chi connectivity index (χ2n) is 5.96. The number of carbonyl (C=O) groups excluding carboxylic acids is 2. The Labute approximate surface area is 161 Å². The van der Waals surface area contributed by atoms with Crippen LogP contribution in [0.2, 0.25) is 0 Å². The third-order valence-electron chi connectivity index (χ3n) is 4.08. The van der Waals surface area contributed by atoms with Crippen molar-refractivity contribution < 1.29 is 36.3 Å². The summed E-state index contributed by atoms with van der Waals surface area (Å²) in [5.74, 6) is -2.36. The van der Waals surface area contributed by atoms with Gasteiger partial charge in [-0.25, -0.2) is 4.79 Å². The lowest BCUT2D eigenvalue weighted by atomic mass is 9.89. The summed E-state index contributed by atoms with van der Waals surface area (Å²) in [5.41, 5.74) is -0.708.